The van der Waals surface area contributed by atoms with Crippen LogP contribution in [0.15, 0.2) is 78.9 Å². The molecule has 3 aromatic rings. The summed E-state index contributed by atoms with van der Waals surface area (Å²) in [6, 6.07) is 24.0. The topological polar surface area (TPSA) is 75.7 Å². The monoisotopic (exact) mass is 438 g/mol. The van der Waals surface area contributed by atoms with Crippen LogP contribution in [0.2, 0.25) is 0 Å². The van der Waals surface area contributed by atoms with Gasteiger partial charge in [-0.3, -0.25) is 9.10 Å². The minimum Gasteiger partial charge on any atom is -0.484 e. The second kappa shape index (κ2) is 9.66. The summed E-state index contributed by atoms with van der Waals surface area (Å²) in [7, 11) is -1.86. The first-order valence-corrected chi connectivity index (χ1v) is 11.7. The van der Waals surface area contributed by atoms with Crippen LogP contribution in [0.3, 0.4) is 0 Å². The molecule has 0 radical (unpaired) electrons. The number of rotatable bonds is 8. The van der Waals surface area contributed by atoms with E-state index in [0.717, 1.165) is 22.9 Å². The molecule has 6 nitrogen and oxygen atoms in total. The molecule has 1 N–H and O–H groups in total. The highest BCUT2D eigenvalue weighted by Crippen LogP contribution is 2.25. The van der Waals surface area contributed by atoms with Gasteiger partial charge in [0.25, 0.3) is 5.91 Å². The van der Waals surface area contributed by atoms with E-state index in [1.165, 1.54) is 11.4 Å². The molecule has 0 spiro atoms. The van der Waals surface area contributed by atoms with E-state index < -0.39 is 10.0 Å². The number of sulfonamides is 1. The van der Waals surface area contributed by atoms with E-state index in [1.807, 2.05) is 61.5 Å². The maximum Gasteiger partial charge on any atom is 0.258 e. The summed E-state index contributed by atoms with van der Waals surface area (Å²) >= 11 is 0. The van der Waals surface area contributed by atoms with E-state index in [1.54, 1.807) is 24.3 Å². The molecule has 3 aromatic carbocycles. The van der Waals surface area contributed by atoms with Gasteiger partial charge in [0, 0.05) is 7.05 Å². The maximum absolute atomic E-state index is 12.7. The molecular formula is C24H26N2O4S. The Hall–Kier alpha value is -3.32. The van der Waals surface area contributed by atoms with Gasteiger partial charge in [-0.15, -0.1) is 0 Å². The summed E-state index contributed by atoms with van der Waals surface area (Å²) in [5.41, 5.74) is 3.61. The number of nitrogens with zero attached hydrogens (tertiary/aromatic N) is 1. The van der Waals surface area contributed by atoms with Crippen molar-refractivity contribution >= 4 is 21.6 Å². The third kappa shape index (κ3) is 5.86. The lowest BCUT2D eigenvalue weighted by Crippen LogP contribution is -2.33. The Morgan fingerprint density at radius 1 is 0.968 bits per heavy atom. The van der Waals surface area contributed by atoms with Gasteiger partial charge in [0.05, 0.1) is 18.0 Å². The van der Waals surface area contributed by atoms with Gasteiger partial charge in [-0.05, 0) is 47.9 Å². The second-order valence-corrected chi connectivity index (χ2v) is 9.29. The minimum absolute atomic E-state index is 0.156. The number of carbonyl (C=O) groups excluding carboxylic acids is 1. The highest BCUT2D eigenvalue weighted by Gasteiger charge is 2.19. The van der Waals surface area contributed by atoms with Crippen molar-refractivity contribution in [1.29, 1.82) is 0 Å². The summed E-state index contributed by atoms with van der Waals surface area (Å²) in [5.74, 6) is 0.224. The summed E-state index contributed by atoms with van der Waals surface area (Å²) in [6.07, 6.45) is 1.14. The number of nitrogens with one attached hydrogen (secondary N) is 1. The van der Waals surface area contributed by atoms with Crippen molar-refractivity contribution in [3.05, 3.63) is 95.6 Å². The van der Waals surface area contributed by atoms with Crippen molar-refractivity contribution in [1.82, 2.24) is 5.32 Å². The molecule has 0 bridgehead atoms. The van der Waals surface area contributed by atoms with Gasteiger partial charge in [-0.1, -0.05) is 54.6 Å². The lowest BCUT2D eigenvalue weighted by Gasteiger charge is -2.22. The molecule has 1 unspecified atom stereocenters. The number of carbonyl (C=O) groups is 1. The number of amides is 1. The van der Waals surface area contributed by atoms with E-state index in [9.17, 15) is 13.2 Å². The van der Waals surface area contributed by atoms with Gasteiger partial charge in [0.1, 0.15) is 5.75 Å². The Kier molecular flexibility index (Phi) is 6.97. The summed E-state index contributed by atoms with van der Waals surface area (Å²) in [6.45, 7) is 1.86. The van der Waals surface area contributed by atoms with Crippen LogP contribution in [-0.4, -0.2) is 34.2 Å². The van der Waals surface area contributed by atoms with Crippen molar-refractivity contribution in [3.63, 3.8) is 0 Å². The zero-order valence-corrected chi connectivity index (χ0v) is 18.6. The Morgan fingerprint density at radius 3 is 2.19 bits per heavy atom. The Labute approximate surface area is 183 Å². The number of hydrogen-bond donors (Lipinski definition) is 1. The van der Waals surface area contributed by atoms with Gasteiger partial charge >= 0.3 is 0 Å². The molecule has 31 heavy (non-hydrogen) atoms. The molecule has 0 fully saturated rings. The third-order valence-corrected chi connectivity index (χ3v) is 6.21. The van der Waals surface area contributed by atoms with Crippen molar-refractivity contribution in [2.75, 3.05) is 24.2 Å². The number of benzene rings is 3. The molecule has 0 aliphatic rings. The number of hydrogen-bond acceptors (Lipinski definition) is 4. The van der Waals surface area contributed by atoms with Crippen molar-refractivity contribution in [2.45, 2.75) is 13.0 Å². The summed E-state index contributed by atoms with van der Waals surface area (Å²) in [5, 5.41) is 3.06. The Morgan fingerprint density at radius 2 is 1.58 bits per heavy atom. The second-order valence-electron chi connectivity index (χ2n) is 7.28. The number of aryl methyl sites for hydroxylation is 1. The number of ether oxygens (including phenoxy) is 1. The lowest BCUT2D eigenvalue weighted by molar-refractivity contribution is -0.123. The van der Waals surface area contributed by atoms with Gasteiger partial charge < -0.3 is 10.1 Å². The van der Waals surface area contributed by atoms with Crippen LogP contribution in [-0.2, 0) is 14.8 Å². The van der Waals surface area contributed by atoms with E-state index in [-0.39, 0.29) is 18.6 Å². The lowest BCUT2D eigenvalue weighted by atomic mass is 9.95. The molecule has 162 valence electrons. The third-order valence-electron chi connectivity index (χ3n) is 5.01. The maximum atomic E-state index is 12.7. The van der Waals surface area contributed by atoms with Crippen LogP contribution in [0, 0.1) is 6.92 Å². The minimum atomic E-state index is -3.34. The molecule has 0 aliphatic carbocycles. The fraction of sp³-hybridized carbons (Fsp3) is 0.208. The molecule has 1 amide bonds. The van der Waals surface area contributed by atoms with Crippen LogP contribution in [0.5, 0.6) is 5.75 Å². The SMILES string of the molecule is Cc1ccccc1C(NC(=O)COc1ccc(N(C)S(C)(=O)=O)cc1)c1ccccc1. The predicted octanol–water partition coefficient (Wildman–Crippen LogP) is 3.68. The van der Waals surface area contributed by atoms with E-state index >= 15 is 0 Å². The smallest absolute Gasteiger partial charge is 0.258 e. The average Bonchev–Trinajstić information content (AvgIpc) is 2.76. The Bertz CT molecular complexity index is 1130. The first kappa shape index (κ1) is 22.4. The molecule has 0 heterocycles. The molecular weight excluding hydrogens is 412 g/mol. The van der Waals surface area contributed by atoms with Crippen LogP contribution in [0.25, 0.3) is 0 Å². The van der Waals surface area contributed by atoms with Crippen LogP contribution >= 0.6 is 0 Å². The normalized spacial score (nSPS) is 12.1. The zero-order valence-electron chi connectivity index (χ0n) is 17.8. The van der Waals surface area contributed by atoms with Crippen LogP contribution in [0.1, 0.15) is 22.7 Å². The Balaban J connectivity index is 1.69. The van der Waals surface area contributed by atoms with Crippen LogP contribution in [0.4, 0.5) is 5.69 Å². The van der Waals surface area contributed by atoms with E-state index in [0.29, 0.717) is 11.4 Å². The molecule has 0 saturated heterocycles. The van der Waals surface area contributed by atoms with Gasteiger partial charge in [0.15, 0.2) is 6.61 Å². The largest absolute Gasteiger partial charge is 0.484 e. The van der Waals surface area contributed by atoms with Gasteiger partial charge in [-0.2, -0.15) is 0 Å². The average molecular weight is 439 g/mol. The van der Waals surface area contributed by atoms with Gasteiger partial charge in [0.2, 0.25) is 10.0 Å². The van der Waals surface area contributed by atoms with E-state index in [4.69, 9.17) is 4.74 Å². The zero-order chi connectivity index (χ0) is 22.4. The fourth-order valence-electron chi connectivity index (χ4n) is 3.19. The number of anilines is 1. The molecule has 0 aliphatic heterocycles. The van der Waals surface area contributed by atoms with Crippen molar-refractivity contribution in [2.24, 2.45) is 0 Å². The standard InChI is InChI=1S/C24H26N2O4S/c1-18-9-7-8-12-22(18)24(19-10-5-4-6-11-19)25-23(27)17-30-21-15-13-20(14-16-21)26(2)31(3,28)29/h4-16,24H,17H2,1-3H3,(H,25,27). The fourth-order valence-corrected chi connectivity index (χ4v) is 3.70. The van der Waals surface area contributed by atoms with Crippen molar-refractivity contribution < 1.29 is 17.9 Å². The summed E-state index contributed by atoms with van der Waals surface area (Å²) < 4.78 is 30.1. The highest BCUT2D eigenvalue weighted by molar-refractivity contribution is 7.92. The predicted molar refractivity (Wildman–Crippen MR) is 123 cm³/mol. The molecule has 7 heteroatoms. The van der Waals surface area contributed by atoms with Gasteiger partial charge in [-0.25, -0.2) is 8.42 Å². The molecule has 0 saturated carbocycles. The van der Waals surface area contributed by atoms with Crippen molar-refractivity contribution in [3.8, 4) is 5.75 Å². The molecule has 3 rings (SSSR count). The molecule has 0 aromatic heterocycles. The first-order chi connectivity index (χ1) is 14.8. The highest BCUT2D eigenvalue weighted by atomic mass is 32.2. The molecule has 1 atom stereocenters. The van der Waals surface area contributed by atoms with E-state index in [2.05, 4.69) is 5.32 Å². The van der Waals surface area contributed by atoms with Crippen LogP contribution < -0.4 is 14.4 Å². The first-order valence-electron chi connectivity index (χ1n) is 9.82. The summed E-state index contributed by atoms with van der Waals surface area (Å²) in [4.78, 5) is 12.7. The quantitative estimate of drug-likeness (QED) is 0.582.